The lowest BCUT2D eigenvalue weighted by atomic mass is 9.92. The van der Waals surface area contributed by atoms with Crippen LogP contribution in [-0.2, 0) is 9.53 Å². The van der Waals surface area contributed by atoms with Gasteiger partial charge < -0.3 is 10.1 Å². The lowest BCUT2D eigenvalue weighted by Crippen LogP contribution is -2.33. The van der Waals surface area contributed by atoms with Crippen molar-refractivity contribution in [2.45, 2.75) is 63.8 Å². The standard InChI is InChI=1S/C14H23NO2/c1-17-14(16)12-9-5-6-10-13(12)15-11-7-3-2-4-8-11/h11,15H,2-10H2,1H3. The zero-order chi connectivity index (χ0) is 12.1. The Balaban J connectivity index is 2.03. The van der Waals surface area contributed by atoms with Gasteiger partial charge in [-0.3, -0.25) is 0 Å². The van der Waals surface area contributed by atoms with Crippen LogP contribution in [0.25, 0.3) is 0 Å². The van der Waals surface area contributed by atoms with Gasteiger partial charge >= 0.3 is 5.97 Å². The molecule has 3 heteroatoms. The molecule has 2 aliphatic rings. The summed E-state index contributed by atoms with van der Waals surface area (Å²) >= 11 is 0. The highest BCUT2D eigenvalue weighted by molar-refractivity contribution is 5.89. The molecule has 1 saturated carbocycles. The summed E-state index contributed by atoms with van der Waals surface area (Å²) in [6.45, 7) is 0. The van der Waals surface area contributed by atoms with Gasteiger partial charge in [0.15, 0.2) is 0 Å². The van der Waals surface area contributed by atoms with E-state index in [0.29, 0.717) is 6.04 Å². The van der Waals surface area contributed by atoms with Gasteiger partial charge in [0.1, 0.15) is 0 Å². The minimum Gasteiger partial charge on any atom is -0.466 e. The fourth-order valence-electron chi connectivity index (χ4n) is 2.91. The minimum atomic E-state index is -0.136. The van der Waals surface area contributed by atoms with Gasteiger partial charge in [-0.05, 0) is 38.5 Å². The van der Waals surface area contributed by atoms with Crippen LogP contribution in [0.2, 0.25) is 0 Å². The Morgan fingerprint density at radius 3 is 2.53 bits per heavy atom. The van der Waals surface area contributed by atoms with Crippen LogP contribution >= 0.6 is 0 Å². The maximum Gasteiger partial charge on any atom is 0.335 e. The molecule has 0 amide bonds. The van der Waals surface area contributed by atoms with E-state index in [1.165, 1.54) is 45.6 Å². The SMILES string of the molecule is COC(=O)C1=C(NC2CCCCC2)CCCC1. The van der Waals surface area contributed by atoms with Crippen LogP contribution in [0, 0.1) is 0 Å². The zero-order valence-electron chi connectivity index (χ0n) is 10.8. The van der Waals surface area contributed by atoms with Gasteiger partial charge in [0.2, 0.25) is 0 Å². The second-order valence-electron chi connectivity index (χ2n) is 5.14. The normalized spacial score (nSPS) is 22.4. The molecule has 0 aliphatic heterocycles. The Hall–Kier alpha value is -0.990. The van der Waals surface area contributed by atoms with Crippen molar-refractivity contribution in [3.05, 3.63) is 11.3 Å². The first kappa shape index (κ1) is 12.5. The van der Waals surface area contributed by atoms with Gasteiger partial charge in [0.05, 0.1) is 12.7 Å². The third-order valence-corrected chi connectivity index (χ3v) is 3.88. The topological polar surface area (TPSA) is 38.3 Å². The van der Waals surface area contributed by atoms with E-state index in [1.807, 2.05) is 0 Å². The van der Waals surface area contributed by atoms with E-state index in [0.717, 1.165) is 30.5 Å². The summed E-state index contributed by atoms with van der Waals surface area (Å²) in [7, 11) is 1.47. The predicted octanol–water partition coefficient (Wildman–Crippen LogP) is 2.91. The number of esters is 1. The van der Waals surface area contributed by atoms with Crippen LogP contribution in [-0.4, -0.2) is 19.1 Å². The molecule has 2 aliphatic carbocycles. The molecule has 0 aromatic heterocycles. The number of rotatable bonds is 3. The Morgan fingerprint density at radius 1 is 1.12 bits per heavy atom. The highest BCUT2D eigenvalue weighted by Gasteiger charge is 2.22. The van der Waals surface area contributed by atoms with Gasteiger partial charge in [-0.1, -0.05) is 19.3 Å². The molecule has 0 heterocycles. The van der Waals surface area contributed by atoms with Gasteiger partial charge in [-0.25, -0.2) is 4.79 Å². The Morgan fingerprint density at radius 2 is 1.82 bits per heavy atom. The predicted molar refractivity (Wildman–Crippen MR) is 67.5 cm³/mol. The average molecular weight is 237 g/mol. The van der Waals surface area contributed by atoms with Crippen LogP contribution in [0.3, 0.4) is 0 Å². The van der Waals surface area contributed by atoms with Crippen LogP contribution in [0.15, 0.2) is 11.3 Å². The number of nitrogens with one attached hydrogen (secondary N) is 1. The quantitative estimate of drug-likeness (QED) is 0.767. The van der Waals surface area contributed by atoms with Crippen LogP contribution < -0.4 is 5.32 Å². The molecule has 0 radical (unpaired) electrons. The molecule has 1 N–H and O–H groups in total. The van der Waals surface area contributed by atoms with E-state index in [1.54, 1.807) is 0 Å². The van der Waals surface area contributed by atoms with Gasteiger partial charge in [-0.2, -0.15) is 0 Å². The van der Waals surface area contributed by atoms with Crippen LogP contribution in [0.4, 0.5) is 0 Å². The first-order valence-electron chi connectivity index (χ1n) is 6.88. The molecule has 0 spiro atoms. The first-order chi connectivity index (χ1) is 8.31. The molecule has 17 heavy (non-hydrogen) atoms. The van der Waals surface area contributed by atoms with E-state index in [9.17, 15) is 4.79 Å². The van der Waals surface area contributed by atoms with Crippen molar-refractivity contribution in [1.29, 1.82) is 0 Å². The van der Waals surface area contributed by atoms with Crippen molar-refractivity contribution in [3.8, 4) is 0 Å². The molecule has 0 unspecified atom stereocenters. The highest BCUT2D eigenvalue weighted by Crippen LogP contribution is 2.26. The molecule has 2 rings (SSSR count). The fourth-order valence-corrected chi connectivity index (χ4v) is 2.91. The molecule has 3 nitrogen and oxygen atoms in total. The summed E-state index contributed by atoms with van der Waals surface area (Å²) in [5, 5.41) is 3.60. The Kier molecular flexibility index (Phi) is 4.46. The number of carbonyl (C=O) groups is 1. The maximum absolute atomic E-state index is 11.7. The van der Waals surface area contributed by atoms with Crippen molar-refractivity contribution < 1.29 is 9.53 Å². The third kappa shape index (κ3) is 3.24. The zero-order valence-corrected chi connectivity index (χ0v) is 10.8. The van der Waals surface area contributed by atoms with Crippen molar-refractivity contribution in [2.75, 3.05) is 7.11 Å². The summed E-state index contributed by atoms with van der Waals surface area (Å²) in [6, 6.07) is 0.580. The monoisotopic (exact) mass is 237 g/mol. The lowest BCUT2D eigenvalue weighted by molar-refractivity contribution is -0.136. The number of methoxy groups -OCH3 is 1. The smallest absolute Gasteiger partial charge is 0.335 e. The fraction of sp³-hybridized carbons (Fsp3) is 0.786. The Labute approximate surface area is 104 Å². The summed E-state index contributed by atoms with van der Waals surface area (Å²) in [5.41, 5.74) is 2.05. The van der Waals surface area contributed by atoms with E-state index >= 15 is 0 Å². The van der Waals surface area contributed by atoms with E-state index in [2.05, 4.69) is 5.32 Å². The second kappa shape index (κ2) is 6.08. The van der Waals surface area contributed by atoms with E-state index in [4.69, 9.17) is 4.74 Å². The molecule has 0 aromatic carbocycles. The molecule has 0 atom stereocenters. The molecule has 96 valence electrons. The van der Waals surface area contributed by atoms with Crippen molar-refractivity contribution >= 4 is 5.97 Å². The molecular weight excluding hydrogens is 214 g/mol. The third-order valence-electron chi connectivity index (χ3n) is 3.88. The van der Waals surface area contributed by atoms with Crippen LogP contribution in [0.5, 0.6) is 0 Å². The van der Waals surface area contributed by atoms with Crippen molar-refractivity contribution in [3.63, 3.8) is 0 Å². The van der Waals surface area contributed by atoms with Gasteiger partial charge in [0.25, 0.3) is 0 Å². The van der Waals surface area contributed by atoms with Crippen molar-refractivity contribution in [1.82, 2.24) is 5.32 Å². The van der Waals surface area contributed by atoms with Crippen molar-refractivity contribution in [2.24, 2.45) is 0 Å². The molecule has 1 fully saturated rings. The van der Waals surface area contributed by atoms with E-state index < -0.39 is 0 Å². The summed E-state index contributed by atoms with van der Waals surface area (Å²) in [5.74, 6) is -0.136. The average Bonchev–Trinajstić information content (AvgIpc) is 2.40. The lowest BCUT2D eigenvalue weighted by Gasteiger charge is -2.28. The highest BCUT2D eigenvalue weighted by atomic mass is 16.5. The number of hydrogen-bond donors (Lipinski definition) is 1. The van der Waals surface area contributed by atoms with Gasteiger partial charge in [-0.15, -0.1) is 0 Å². The molecule has 0 saturated heterocycles. The molecular formula is C14H23NO2. The largest absolute Gasteiger partial charge is 0.466 e. The Bertz CT molecular complexity index is 303. The van der Waals surface area contributed by atoms with E-state index in [-0.39, 0.29) is 5.97 Å². The van der Waals surface area contributed by atoms with Gasteiger partial charge in [0, 0.05) is 11.7 Å². The maximum atomic E-state index is 11.7. The molecule has 0 bridgehead atoms. The minimum absolute atomic E-state index is 0.136. The summed E-state index contributed by atoms with van der Waals surface area (Å²) < 4.78 is 4.87. The first-order valence-corrected chi connectivity index (χ1v) is 6.88. The number of allylic oxidation sites excluding steroid dienone is 1. The summed E-state index contributed by atoms with van der Waals surface area (Å²) in [6.07, 6.45) is 10.7. The number of hydrogen-bond acceptors (Lipinski definition) is 3. The van der Waals surface area contributed by atoms with Crippen LogP contribution in [0.1, 0.15) is 57.8 Å². The molecule has 0 aromatic rings. The second-order valence-corrected chi connectivity index (χ2v) is 5.14. The summed E-state index contributed by atoms with van der Waals surface area (Å²) in [4.78, 5) is 11.7. The number of carbonyl (C=O) groups excluding carboxylic acids is 1. The number of ether oxygens (including phenoxy) is 1.